The number of nitrogens with one attached hydrogen (secondary N) is 1. The molecule has 0 amide bonds. The maximum absolute atomic E-state index is 10.0. The Morgan fingerprint density at radius 1 is 1.90 bits per heavy atom. The average molecular weight is 174 g/mol. The van der Waals surface area contributed by atoms with E-state index >= 15 is 0 Å². The second-order valence-corrected chi connectivity index (χ2v) is 3.27. The van der Waals surface area contributed by atoms with Crippen molar-refractivity contribution in [2.75, 3.05) is 0 Å². The predicted octanol–water partition coefficient (Wildman–Crippen LogP) is 0.0981. The van der Waals surface area contributed by atoms with Gasteiger partial charge in [-0.15, -0.1) is 11.3 Å². The Morgan fingerprint density at radius 2 is 2.60 bits per heavy atom. The lowest BCUT2D eigenvalue weighted by atomic mass is 10.3. The van der Waals surface area contributed by atoms with Gasteiger partial charge in [0.15, 0.2) is 3.95 Å². The highest BCUT2D eigenvalue weighted by molar-refractivity contribution is 7.73. The van der Waals surface area contributed by atoms with Gasteiger partial charge in [-0.1, -0.05) is 0 Å². The number of aromatic nitrogens is 1. The van der Waals surface area contributed by atoms with Crippen LogP contribution >= 0.6 is 23.6 Å². The summed E-state index contributed by atoms with van der Waals surface area (Å²) in [7, 11) is 0. The van der Waals surface area contributed by atoms with E-state index in [0.717, 1.165) is 0 Å². The molecule has 10 heavy (non-hydrogen) atoms. The molecule has 54 valence electrons. The van der Waals surface area contributed by atoms with E-state index < -0.39 is 5.97 Å². The molecule has 3 nitrogen and oxygen atoms in total. The molecule has 0 atom stereocenters. The summed E-state index contributed by atoms with van der Waals surface area (Å²) in [4.78, 5) is 12.7. The van der Waals surface area contributed by atoms with E-state index in [1.54, 1.807) is 5.38 Å². The molecule has 0 fully saturated rings. The van der Waals surface area contributed by atoms with E-state index in [9.17, 15) is 9.90 Å². The Balaban J connectivity index is 2.76. The van der Waals surface area contributed by atoms with Gasteiger partial charge in [0.2, 0.25) is 0 Å². The van der Waals surface area contributed by atoms with Gasteiger partial charge in [-0.05, 0) is 12.2 Å². The lowest BCUT2D eigenvalue weighted by Crippen LogP contribution is -2.24. The van der Waals surface area contributed by atoms with Crippen molar-refractivity contribution in [3.05, 3.63) is 15.0 Å². The molecule has 1 aromatic heterocycles. The first-order valence-electron chi connectivity index (χ1n) is 2.55. The Hall–Kier alpha value is -0.680. The molecule has 0 aliphatic rings. The van der Waals surface area contributed by atoms with Crippen LogP contribution in [0.15, 0.2) is 5.38 Å². The van der Waals surface area contributed by atoms with Crippen LogP contribution in [-0.4, -0.2) is 11.0 Å². The minimum atomic E-state index is -1.09. The quantitative estimate of drug-likeness (QED) is 0.647. The monoisotopic (exact) mass is 174 g/mol. The van der Waals surface area contributed by atoms with E-state index in [1.807, 2.05) is 0 Å². The van der Waals surface area contributed by atoms with Crippen molar-refractivity contribution in [1.29, 1.82) is 0 Å². The number of carboxylic acids is 1. The third-order valence-corrected chi connectivity index (χ3v) is 2.01. The van der Waals surface area contributed by atoms with Crippen LogP contribution in [-0.2, 0) is 11.2 Å². The molecule has 0 bridgehead atoms. The number of aromatic amines is 1. The first-order valence-corrected chi connectivity index (χ1v) is 3.84. The van der Waals surface area contributed by atoms with Gasteiger partial charge in [0.25, 0.3) is 0 Å². The number of aliphatic carboxylic acids is 1. The van der Waals surface area contributed by atoms with Gasteiger partial charge in [-0.3, -0.25) is 0 Å². The van der Waals surface area contributed by atoms with Gasteiger partial charge >= 0.3 is 0 Å². The number of rotatable bonds is 2. The summed E-state index contributed by atoms with van der Waals surface area (Å²) in [5.41, 5.74) is 0.606. The molecule has 0 saturated heterocycles. The lowest BCUT2D eigenvalue weighted by Gasteiger charge is -1.95. The van der Waals surface area contributed by atoms with Crippen LogP contribution < -0.4 is 5.11 Å². The number of hydrogen-bond donors (Lipinski definition) is 1. The van der Waals surface area contributed by atoms with Crippen LogP contribution in [0, 0.1) is 3.95 Å². The van der Waals surface area contributed by atoms with Crippen molar-refractivity contribution in [3.8, 4) is 0 Å². The molecule has 1 aromatic rings. The van der Waals surface area contributed by atoms with E-state index in [-0.39, 0.29) is 6.42 Å². The van der Waals surface area contributed by atoms with Crippen LogP contribution in [0.25, 0.3) is 0 Å². The molecule has 1 heterocycles. The molecule has 0 spiro atoms. The number of carboxylic acid groups (broad SMARTS) is 1. The molecular formula is C5H4NO2S2-. The zero-order valence-electron chi connectivity index (χ0n) is 4.92. The van der Waals surface area contributed by atoms with Gasteiger partial charge in [0, 0.05) is 23.5 Å². The first-order chi connectivity index (χ1) is 4.68. The van der Waals surface area contributed by atoms with E-state index in [4.69, 9.17) is 12.2 Å². The highest BCUT2D eigenvalue weighted by atomic mass is 32.1. The molecule has 0 radical (unpaired) electrons. The SMILES string of the molecule is O=C([O-])Cc1csc(=S)[nH]1. The number of carbonyl (C=O) groups is 1. The first kappa shape index (κ1) is 7.43. The zero-order valence-corrected chi connectivity index (χ0v) is 6.55. The average Bonchev–Trinajstić information content (AvgIpc) is 2.13. The van der Waals surface area contributed by atoms with Crippen molar-refractivity contribution in [1.82, 2.24) is 4.98 Å². The van der Waals surface area contributed by atoms with E-state index in [2.05, 4.69) is 4.98 Å². The largest absolute Gasteiger partial charge is 0.550 e. The molecular weight excluding hydrogens is 170 g/mol. The molecule has 0 unspecified atom stereocenters. The maximum Gasteiger partial charge on any atom is 0.158 e. The summed E-state index contributed by atoms with van der Waals surface area (Å²) in [6.07, 6.45) is -0.0901. The summed E-state index contributed by atoms with van der Waals surface area (Å²) < 4.78 is 0.594. The van der Waals surface area contributed by atoms with Crippen molar-refractivity contribution in [2.24, 2.45) is 0 Å². The summed E-state index contributed by atoms with van der Waals surface area (Å²) >= 11 is 6.05. The molecule has 1 rings (SSSR count). The lowest BCUT2D eigenvalue weighted by molar-refractivity contribution is -0.304. The Labute approximate surface area is 66.3 Å². The molecule has 0 saturated carbocycles. The minimum absolute atomic E-state index is 0.0901. The number of hydrogen-bond acceptors (Lipinski definition) is 4. The van der Waals surface area contributed by atoms with Crippen LogP contribution in [0.5, 0.6) is 0 Å². The van der Waals surface area contributed by atoms with Crippen molar-refractivity contribution in [2.45, 2.75) is 6.42 Å². The highest BCUT2D eigenvalue weighted by Crippen LogP contribution is 2.03. The number of H-pyrrole nitrogens is 1. The fourth-order valence-electron chi connectivity index (χ4n) is 0.556. The fourth-order valence-corrected chi connectivity index (χ4v) is 1.41. The van der Waals surface area contributed by atoms with Crippen molar-refractivity contribution >= 4 is 29.5 Å². The number of thiazole rings is 1. The van der Waals surface area contributed by atoms with Gasteiger partial charge < -0.3 is 14.9 Å². The van der Waals surface area contributed by atoms with E-state index in [1.165, 1.54) is 11.3 Å². The summed E-state index contributed by atoms with van der Waals surface area (Å²) in [6, 6.07) is 0. The molecule has 0 aliphatic heterocycles. The van der Waals surface area contributed by atoms with Crippen LogP contribution in [0.1, 0.15) is 5.69 Å². The Morgan fingerprint density at radius 3 is 3.00 bits per heavy atom. The molecule has 1 N–H and O–H groups in total. The molecule has 0 aromatic carbocycles. The third kappa shape index (κ3) is 1.93. The maximum atomic E-state index is 10.0. The summed E-state index contributed by atoms with van der Waals surface area (Å²) in [5, 5.41) is 11.7. The van der Waals surface area contributed by atoms with E-state index in [0.29, 0.717) is 9.65 Å². The third-order valence-electron chi connectivity index (χ3n) is 0.906. The second kappa shape index (κ2) is 2.94. The summed E-state index contributed by atoms with van der Waals surface area (Å²) in [6.45, 7) is 0. The van der Waals surface area contributed by atoms with Crippen molar-refractivity contribution < 1.29 is 9.90 Å². The van der Waals surface area contributed by atoms with Gasteiger partial charge in [0.05, 0.1) is 0 Å². The Bertz CT molecular complexity index is 288. The normalized spacial score (nSPS) is 9.60. The van der Waals surface area contributed by atoms with Crippen LogP contribution in [0.4, 0.5) is 0 Å². The van der Waals surface area contributed by atoms with Gasteiger partial charge in [-0.25, -0.2) is 0 Å². The predicted molar refractivity (Wildman–Crippen MR) is 38.2 cm³/mol. The smallest absolute Gasteiger partial charge is 0.158 e. The van der Waals surface area contributed by atoms with Crippen LogP contribution in [0.3, 0.4) is 0 Å². The summed E-state index contributed by atoms with van der Waals surface area (Å²) in [5.74, 6) is -1.09. The second-order valence-electron chi connectivity index (χ2n) is 1.72. The zero-order chi connectivity index (χ0) is 7.56. The number of carbonyl (C=O) groups excluding carboxylic acids is 1. The van der Waals surface area contributed by atoms with Crippen molar-refractivity contribution in [3.63, 3.8) is 0 Å². The van der Waals surface area contributed by atoms with Crippen LogP contribution in [0.2, 0.25) is 0 Å². The molecule has 0 aliphatic carbocycles. The Kier molecular flexibility index (Phi) is 2.18. The minimum Gasteiger partial charge on any atom is -0.550 e. The van der Waals surface area contributed by atoms with Gasteiger partial charge in [-0.2, -0.15) is 0 Å². The topological polar surface area (TPSA) is 55.9 Å². The molecule has 5 heteroatoms. The fraction of sp³-hybridized carbons (Fsp3) is 0.200. The standard InChI is InChI=1S/C5H5NO2S2/c7-4(8)1-3-2-10-5(9)6-3/h2H,1H2,(H,6,9)(H,7,8)/p-1. The highest BCUT2D eigenvalue weighted by Gasteiger charge is 1.93. The van der Waals surface area contributed by atoms with Gasteiger partial charge in [0.1, 0.15) is 0 Å².